The van der Waals surface area contributed by atoms with Gasteiger partial charge in [-0.25, -0.2) is 0 Å². The van der Waals surface area contributed by atoms with Crippen molar-refractivity contribution in [3.63, 3.8) is 0 Å². The Morgan fingerprint density at radius 2 is 2.18 bits per heavy atom. The quantitative estimate of drug-likeness (QED) is 0.821. The molecular weight excluding hydrogens is 214 g/mol. The number of aryl methyl sites for hydroxylation is 1. The van der Waals surface area contributed by atoms with Gasteiger partial charge in [0, 0.05) is 17.0 Å². The highest BCUT2D eigenvalue weighted by Crippen LogP contribution is 2.54. The highest BCUT2D eigenvalue weighted by Gasteiger charge is 2.48. The minimum absolute atomic E-state index is 0.111. The Balaban J connectivity index is 2.35. The first-order valence-electron chi connectivity index (χ1n) is 6.20. The Morgan fingerprint density at radius 3 is 2.65 bits per heavy atom. The number of hydrogen-bond acceptors (Lipinski definition) is 3. The summed E-state index contributed by atoms with van der Waals surface area (Å²) in [5.41, 5.74) is 8.48. The first kappa shape index (κ1) is 12.4. The SMILES string of the molecule is CCc1ccc(OC)c(C(N)C2(CO)CC2)c1. The molecule has 2 rings (SSSR count). The van der Waals surface area contributed by atoms with E-state index >= 15 is 0 Å². The molecule has 1 unspecified atom stereocenters. The molecule has 0 saturated heterocycles. The molecule has 0 aromatic heterocycles. The van der Waals surface area contributed by atoms with Crippen molar-refractivity contribution in [2.75, 3.05) is 13.7 Å². The number of benzene rings is 1. The summed E-state index contributed by atoms with van der Waals surface area (Å²) >= 11 is 0. The van der Waals surface area contributed by atoms with Crippen LogP contribution in [0.25, 0.3) is 0 Å². The number of aliphatic hydroxyl groups excluding tert-OH is 1. The minimum atomic E-state index is -0.131. The van der Waals surface area contributed by atoms with E-state index in [2.05, 4.69) is 19.1 Å². The van der Waals surface area contributed by atoms with Gasteiger partial charge in [0.1, 0.15) is 5.75 Å². The van der Waals surface area contributed by atoms with Crippen LogP contribution in [-0.4, -0.2) is 18.8 Å². The Kier molecular flexibility index (Phi) is 3.40. The lowest BCUT2D eigenvalue weighted by Crippen LogP contribution is -2.26. The number of hydrogen-bond donors (Lipinski definition) is 2. The molecule has 1 aliphatic carbocycles. The van der Waals surface area contributed by atoms with E-state index < -0.39 is 0 Å². The Hall–Kier alpha value is -1.06. The normalized spacial score (nSPS) is 18.8. The summed E-state index contributed by atoms with van der Waals surface area (Å²) in [4.78, 5) is 0. The van der Waals surface area contributed by atoms with Gasteiger partial charge in [-0.2, -0.15) is 0 Å². The monoisotopic (exact) mass is 235 g/mol. The fourth-order valence-corrected chi connectivity index (χ4v) is 2.30. The van der Waals surface area contributed by atoms with Crippen LogP contribution >= 0.6 is 0 Å². The number of ether oxygens (including phenoxy) is 1. The summed E-state index contributed by atoms with van der Waals surface area (Å²) in [7, 11) is 1.66. The molecule has 3 nitrogen and oxygen atoms in total. The molecule has 17 heavy (non-hydrogen) atoms. The zero-order chi connectivity index (χ0) is 12.5. The first-order valence-corrected chi connectivity index (χ1v) is 6.20. The van der Waals surface area contributed by atoms with Gasteiger partial charge in [-0.3, -0.25) is 0 Å². The van der Waals surface area contributed by atoms with Gasteiger partial charge >= 0.3 is 0 Å². The van der Waals surface area contributed by atoms with Crippen LogP contribution in [0, 0.1) is 5.41 Å². The van der Waals surface area contributed by atoms with E-state index in [1.165, 1.54) is 5.56 Å². The van der Waals surface area contributed by atoms with Gasteiger partial charge in [0.25, 0.3) is 0 Å². The molecule has 0 amide bonds. The zero-order valence-electron chi connectivity index (χ0n) is 10.6. The molecule has 0 aliphatic heterocycles. The molecule has 0 heterocycles. The lowest BCUT2D eigenvalue weighted by molar-refractivity contribution is 0.186. The van der Waals surface area contributed by atoms with E-state index in [4.69, 9.17) is 10.5 Å². The van der Waals surface area contributed by atoms with Crippen molar-refractivity contribution in [1.29, 1.82) is 0 Å². The second-order valence-corrected chi connectivity index (χ2v) is 4.93. The summed E-state index contributed by atoms with van der Waals surface area (Å²) in [6.45, 7) is 2.28. The molecule has 1 fully saturated rings. The first-order chi connectivity index (χ1) is 8.16. The third kappa shape index (κ3) is 2.17. The average molecular weight is 235 g/mol. The predicted molar refractivity (Wildman–Crippen MR) is 68.1 cm³/mol. The smallest absolute Gasteiger partial charge is 0.123 e. The van der Waals surface area contributed by atoms with Gasteiger partial charge in [0.15, 0.2) is 0 Å². The third-order valence-electron chi connectivity index (χ3n) is 3.90. The van der Waals surface area contributed by atoms with Crippen LogP contribution in [0.5, 0.6) is 5.75 Å². The fraction of sp³-hybridized carbons (Fsp3) is 0.571. The third-order valence-corrected chi connectivity index (χ3v) is 3.90. The van der Waals surface area contributed by atoms with Crippen LogP contribution in [0.3, 0.4) is 0 Å². The Labute approximate surface area is 103 Å². The highest BCUT2D eigenvalue weighted by molar-refractivity contribution is 5.41. The summed E-state index contributed by atoms with van der Waals surface area (Å²) in [6, 6.07) is 6.02. The van der Waals surface area contributed by atoms with E-state index in [9.17, 15) is 5.11 Å². The summed E-state index contributed by atoms with van der Waals surface area (Å²) in [6.07, 6.45) is 2.99. The van der Waals surface area contributed by atoms with E-state index in [1.807, 2.05) is 6.07 Å². The van der Waals surface area contributed by atoms with Crippen molar-refractivity contribution >= 4 is 0 Å². The molecule has 0 radical (unpaired) electrons. The number of methoxy groups -OCH3 is 1. The highest BCUT2D eigenvalue weighted by atomic mass is 16.5. The van der Waals surface area contributed by atoms with Crippen LogP contribution in [-0.2, 0) is 6.42 Å². The molecule has 94 valence electrons. The average Bonchev–Trinajstić information content (AvgIpc) is 3.18. The number of aliphatic hydroxyl groups is 1. The van der Waals surface area contributed by atoms with E-state index in [1.54, 1.807) is 7.11 Å². The second-order valence-electron chi connectivity index (χ2n) is 4.93. The second kappa shape index (κ2) is 4.67. The van der Waals surface area contributed by atoms with Gasteiger partial charge in [-0.15, -0.1) is 0 Å². The largest absolute Gasteiger partial charge is 0.496 e. The number of rotatable bonds is 5. The summed E-state index contributed by atoms with van der Waals surface area (Å²) in [5.74, 6) is 0.828. The maximum absolute atomic E-state index is 9.46. The maximum atomic E-state index is 9.46. The van der Waals surface area contributed by atoms with E-state index in [0.29, 0.717) is 0 Å². The molecule has 1 saturated carbocycles. The molecule has 0 bridgehead atoms. The topological polar surface area (TPSA) is 55.5 Å². The molecule has 1 aliphatic rings. The van der Waals surface area contributed by atoms with Gasteiger partial charge in [-0.1, -0.05) is 19.1 Å². The minimum Gasteiger partial charge on any atom is -0.496 e. The number of nitrogens with two attached hydrogens (primary N) is 1. The van der Waals surface area contributed by atoms with Gasteiger partial charge < -0.3 is 15.6 Å². The maximum Gasteiger partial charge on any atom is 0.123 e. The van der Waals surface area contributed by atoms with Crippen molar-refractivity contribution < 1.29 is 9.84 Å². The van der Waals surface area contributed by atoms with Gasteiger partial charge in [0.2, 0.25) is 0 Å². The summed E-state index contributed by atoms with van der Waals surface area (Å²) < 4.78 is 5.37. The van der Waals surface area contributed by atoms with Crippen molar-refractivity contribution in [2.24, 2.45) is 11.1 Å². The molecule has 1 aromatic rings. The molecule has 3 N–H and O–H groups in total. The van der Waals surface area contributed by atoms with Crippen LogP contribution in [0.1, 0.15) is 36.9 Å². The van der Waals surface area contributed by atoms with Crippen molar-refractivity contribution in [3.05, 3.63) is 29.3 Å². The predicted octanol–water partition coefficient (Wildman–Crippen LogP) is 2.03. The molecule has 3 heteroatoms. The van der Waals surface area contributed by atoms with E-state index in [0.717, 1.165) is 30.6 Å². The zero-order valence-corrected chi connectivity index (χ0v) is 10.6. The standard InChI is InChI=1S/C14H21NO2/c1-3-10-4-5-12(17-2)11(8-10)13(15)14(9-16)6-7-14/h4-5,8,13,16H,3,6-7,9,15H2,1-2H3. The van der Waals surface area contributed by atoms with Gasteiger partial charge in [0.05, 0.1) is 13.7 Å². The van der Waals surface area contributed by atoms with Crippen LogP contribution in [0.2, 0.25) is 0 Å². The van der Waals surface area contributed by atoms with Crippen molar-refractivity contribution in [2.45, 2.75) is 32.2 Å². The fourth-order valence-electron chi connectivity index (χ4n) is 2.30. The lowest BCUT2D eigenvalue weighted by atomic mass is 9.89. The summed E-state index contributed by atoms with van der Waals surface area (Å²) in [5, 5.41) is 9.46. The van der Waals surface area contributed by atoms with Crippen LogP contribution < -0.4 is 10.5 Å². The molecule has 1 aromatic carbocycles. The Morgan fingerprint density at radius 1 is 1.47 bits per heavy atom. The van der Waals surface area contributed by atoms with Crippen molar-refractivity contribution in [1.82, 2.24) is 0 Å². The molecule has 1 atom stereocenters. The van der Waals surface area contributed by atoms with Gasteiger partial charge in [-0.05, 0) is 30.9 Å². The van der Waals surface area contributed by atoms with Crippen LogP contribution in [0.15, 0.2) is 18.2 Å². The van der Waals surface area contributed by atoms with Crippen molar-refractivity contribution in [3.8, 4) is 5.75 Å². The van der Waals surface area contributed by atoms with Crippen LogP contribution in [0.4, 0.5) is 0 Å². The lowest BCUT2D eigenvalue weighted by Gasteiger charge is -2.24. The molecule has 0 spiro atoms. The Bertz CT molecular complexity index is 399. The van der Waals surface area contributed by atoms with E-state index in [-0.39, 0.29) is 18.1 Å². The molecular formula is C14H21NO2.